The van der Waals surface area contributed by atoms with Gasteiger partial charge in [-0.15, -0.1) is 12.4 Å². The van der Waals surface area contributed by atoms with Crippen LogP contribution in [-0.2, 0) is 14.3 Å². The molecule has 156 valence electrons. The summed E-state index contributed by atoms with van der Waals surface area (Å²) in [7, 11) is 1.49. The molecule has 0 atom stereocenters. The van der Waals surface area contributed by atoms with Gasteiger partial charge in [0.05, 0.1) is 12.8 Å². The zero-order valence-electron chi connectivity index (χ0n) is 15.9. The van der Waals surface area contributed by atoms with Crippen molar-refractivity contribution < 1.29 is 23.9 Å². The molecule has 1 aliphatic heterocycles. The molecule has 1 aromatic rings. The van der Waals surface area contributed by atoms with Crippen molar-refractivity contribution in [2.24, 2.45) is 5.73 Å². The van der Waals surface area contributed by atoms with E-state index in [0.29, 0.717) is 49.7 Å². The maximum atomic E-state index is 12.1. The number of benzene rings is 1. The Balaban J connectivity index is 0.00000392. The second-order valence-corrected chi connectivity index (χ2v) is 6.05. The Morgan fingerprint density at radius 3 is 2.71 bits per heavy atom. The lowest BCUT2D eigenvalue weighted by Crippen LogP contribution is -2.49. The predicted octanol–water partition coefficient (Wildman–Crippen LogP) is 1.65. The van der Waals surface area contributed by atoms with E-state index in [1.807, 2.05) is 0 Å². The highest BCUT2D eigenvalue weighted by atomic mass is 35.5. The van der Waals surface area contributed by atoms with Crippen LogP contribution in [0.1, 0.15) is 25.7 Å². The van der Waals surface area contributed by atoms with Crippen molar-refractivity contribution in [2.75, 3.05) is 43.6 Å². The predicted molar refractivity (Wildman–Crippen MR) is 108 cm³/mol. The Bertz CT molecular complexity index is 686. The monoisotopic (exact) mass is 414 g/mol. The molecule has 0 saturated carbocycles. The van der Waals surface area contributed by atoms with Gasteiger partial charge in [-0.2, -0.15) is 0 Å². The number of nitrogens with two attached hydrogens (primary N) is 1. The van der Waals surface area contributed by atoms with Crippen molar-refractivity contribution in [1.29, 1.82) is 0 Å². The molecule has 1 fully saturated rings. The number of imide groups is 1. The smallest absolute Gasteiger partial charge is 0.328 e. The van der Waals surface area contributed by atoms with Crippen LogP contribution in [0.5, 0.6) is 5.75 Å². The third-order valence-corrected chi connectivity index (χ3v) is 3.99. The van der Waals surface area contributed by atoms with Crippen LogP contribution in [0.4, 0.5) is 16.2 Å². The fourth-order valence-corrected chi connectivity index (χ4v) is 2.62. The maximum absolute atomic E-state index is 12.1. The average molecular weight is 415 g/mol. The fraction of sp³-hybridized carbons (Fsp3) is 0.500. The number of ether oxygens (including phenoxy) is 2. The standard InChI is InChI=1S/C18H26N4O5.ClH/c1-26-15-6-5-13(20-16(23)4-2-10-27-11-3-8-19)12-14(15)22-9-7-17(24)21-18(22)25;/h5-6,12H,2-4,7-11,19H2,1H3,(H,20,23)(H,21,24,25);1H. The average Bonchev–Trinajstić information content (AvgIpc) is 2.64. The molecule has 0 unspecified atom stereocenters. The fourth-order valence-electron chi connectivity index (χ4n) is 2.62. The Labute approximate surface area is 170 Å². The van der Waals surface area contributed by atoms with E-state index in [1.54, 1.807) is 18.2 Å². The molecule has 4 amide bonds. The van der Waals surface area contributed by atoms with Gasteiger partial charge >= 0.3 is 6.03 Å². The van der Waals surface area contributed by atoms with Gasteiger partial charge in [-0.3, -0.25) is 19.8 Å². The number of nitrogens with one attached hydrogen (secondary N) is 2. The summed E-state index contributed by atoms with van der Waals surface area (Å²) < 4.78 is 10.7. The van der Waals surface area contributed by atoms with Crippen molar-refractivity contribution in [3.63, 3.8) is 0 Å². The minimum absolute atomic E-state index is 0. The number of halogens is 1. The van der Waals surface area contributed by atoms with Crippen molar-refractivity contribution >= 4 is 41.6 Å². The second-order valence-electron chi connectivity index (χ2n) is 6.05. The highest BCUT2D eigenvalue weighted by Crippen LogP contribution is 2.32. The Kier molecular flexibility index (Phi) is 10.3. The minimum atomic E-state index is -0.511. The van der Waals surface area contributed by atoms with E-state index in [2.05, 4.69) is 10.6 Å². The lowest BCUT2D eigenvalue weighted by Gasteiger charge is -2.28. The molecule has 1 aromatic carbocycles. The summed E-state index contributed by atoms with van der Waals surface area (Å²) in [5.74, 6) is 0.0194. The number of hydrogen-bond donors (Lipinski definition) is 3. The van der Waals surface area contributed by atoms with Crippen LogP contribution in [0.25, 0.3) is 0 Å². The highest BCUT2D eigenvalue weighted by Gasteiger charge is 2.26. The molecule has 0 bridgehead atoms. The maximum Gasteiger partial charge on any atom is 0.328 e. The Morgan fingerprint density at radius 2 is 2.04 bits per heavy atom. The number of methoxy groups -OCH3 is 1. The molecular formula is C18H27ClN4O5. The molecule has 0 aliphatic carbocycles. The number of nitrogens with zero attached hydrogens (tertiary/aromatic N) is 1. The van der Waals surface area contributed by atoms with E-state index in [0.717, 1.165) is 6.42 Å². The zero-order chi connectivity index (χ0) is 19.6. The van der Waals surface area contributed by atoms with Crippen molar-refractivity contribution in [2.45, 2.75) is 25.7 Å². The van der Waals surface area contributed by atoms with Crippen molar-refractivity contribution in [1.82, 2.24) is 5.32 Å². The molecule has 1 saturated heterocycles. The van der Waals surface area contributed by atoms with E-state index in [9.17, 15) is 14.4 Å². The summed E-state index contributed by atoms with van der Waals surface area (Å²) in [5, 5.41) is 5.07. The van der Waals surface area contributed by atoms with Crippen molar-refractivity contribution in [3.05, 3.63) is 18.2 Å². The van der Waals surface area contributed by atoms with Crippen LogP contribution in [0.15, 0.2) is 18.2 Å². The van der Waals surface area contributed by atoms with Gasteiger partial charge in [-0.1, -0.05) is 0 Å². The van der Waals surface area contributed by atoms with Gasteiger partial charge in [0.2, 0.25) is 11.8 Å². The highest BCUT2D eigenvalue weighted by molar-refractivity contribution is 6.06. The normalized spacial score (nSPS) is 13.6. The third-order valence-electron chi connectivity index (χ3n) is 3.99. The van der Waals surface area contributed by atoms with E-state index in [-0.39, 0.29) is 37.2 Å². The van der Waals surface area contributed by atoms with Gasteiger partial charge in [0.1, 0.15) is 5.75 Å². The number of hydrogen-bond acceptors (Lipinski definition) is 6. The molecule has 10 heteroatoms. The van der Waals surface area contributed by atoms with Crippen LogP contribution < -0.4 is 26.0 Å². The second kappa shape index (κ2) is 12.2. The molecule has 1 aliphatic rings. The third kappa shape index (κ3) is 6.99. The first-order valence-electron chi connectivity index (χ1n) is 8.92. The van der Waals surface area contributed by atoms with Crippen LogP contribution >= 0.6 is 12.4 Å². The first kappa shape index (κ1) is 23.7. The molecule has 0 aromatic heterocycles. The van der Waals surface area contributed by atoms with Crippen LogP contribution in [0, 0.1) is 0 Å². The lowest BCUT2D eigenvalue weighted by molar-refractivity contribution is -0.120. The van der Waals surface area contributed by atoms with Gasteiger partial charge < -0.3 is 20.5 Å². The molecule has 1 heterocycles. The molecule has 28 heavy (non-hydrogen) atoms. The number of urea groups is 1. The lowest BCUT2D eigenvalue weighted by atomic mass is 10.2. The van der Waals surface area contributed by atoms with Crippen LogP contribution in [-0.4, -0.2) is 51.3 Å². The van der Waals surface area contributed by atoms with Gasteiger partial charge in [-0.25, -0.2) is 4.79 Å². The molecule has 4 N–H and O–H groups in total. The summed E-state index contributed by atoms with van der Waals surface area (Å²) in [6.45, 7) is 1.94. The van der Waals surface area contributed by atoms with E-state index in [4.69, 9.17) is 15.2 Å². The largest absolute Gasteiger partial charge is 0.495 e. The topological polar surface area (TPSA) is 123 Å². The van der Waals surface area contributed by atoms with Gasteiger partial charge in [0.15, 0.2) is 0 Å². The Hall–Kier alpha value is -2.36. The van der Waals surface area contributed by atoms with Crippen LogP contribution in [0.2, 0.25) is 0 Å². The van der Waals surface area contributed by atoms with Gasteiger partial charge in [0, 0.05) is 38.3 Å². The summed E-state index contributed by atoms with van der Waals surface area (Å²) in [4.78, 5) is 36.9. The molecular weight excluding hydrogens is 388 g/mol. The Morgan fingerprint density at radius 1 is 1.29 bits per heavy atom. The summed E-state index contributed by atoms with van der Waals surface area (Å²) in [6.07, 6.45) is 1.94. The number of carbonyl (C=O) groups is 3. The van der Waals surface area contributed by atoms with Crippen LogP contribution in [0.3, 0.4) is 0 Å². The van der Waals surface area contributed by atoms with E-state index in [1.165, 1.54) is 12.0 Å². The van der Waals surface area contributed by atoms with Gasteiger partial charge in [0.25, 0.3) is 0 Å². The zero-order valence-corrected chi connectivity index (χ0v) is 16.7. The quantitative estimate of drug-likeness (QED) is 0.500. The SMILES string of the molecule is COc1ccc(NC(=O)CCCOCCCN)cc1N1CCC(=O)NC1=O.Cl. The van der Waals surface area contributed by atoms with E-state index < -0.39 is 6.03 Å². The summed E-state index contributed by atoms with van der Waals surface area (Å²) in [6, 6.07) is 4.52. The first-order chi connectivity index (χ1) is 13.0. The first-order valence-corrected chi connectivity index (χ1v) is 8.92. The van der Waals surface area contributed by atoms with E-state index >= 15 is 0 Å². The summed E-state index contributed by atoms with van der Waals surface area (Å²) >= 11 is 0. The minimum Gasteiger partial charge on any atom is -0.495 e. The number of rotatable bonds is 10. The molecule has 0 radical (unpaired) electrons. The summed E-state index contributed by atoms with van der Waals surface area (Å²) in [5.41, 5.74) is 6.42. The van der Waals surface area contributed by atoms with Crippen molar-refractivity contribution in [3.8, 4) is 5.75 Å². The molecule has 0 spiro atoms. The number of carbonyl (C=O) groups excluding carboxylic acids is 3. The molecule has 2 rings (SSSR count). The number of anilines is 2. The van der Waals surface area contributed by atoms with Gasteiger partial charge in [-0.05, 0) is 37.6 Å². The molecule has 9 nitrogen and oxygen atoms in total. The number of amides is 4.